The fourth-order valence-corrected chi connectivity index (χ4v) is 5.87. The summed E-state index contributed by atoms with van der Waals surface area (Å²) in [5.74, 6) is -0.216. The van der Waals surface area contributed by atoms with Gasteiger partial charge in [-0.2, -0.15) is 9.82 Å². The van der Waals surface area contributed by atoms with E-state index in [1.165, 1.54) is 0 Å². The van der Waals surface area contributed by atoms with E-state index in [9.17, 15) is 13.2 Å². The average molecular weight is 441 g/mol. The van der Waals surface area contributed by atoms with Crippen LogP contribution in [0.25, 0.3) is 5.65 Å². The highest BCUT2D eigenvalue weighted by molar-refractivity contribution is 7.89. The van der Waals surface area contributed by atoms with Crippen LogP contribution in [-0.2, 0) is 10.0 Å². The number of likely N-dealkylation sites (tertiary alicyclic amines) is 1. The van der Waals surface area contributed by atoms with Gasteiger partial charge in [-0.15, -0.1) is 0 Å². The van der Waals surface area contributed by atoms with Crippen LogP contribution in [0.4, 0.5) is 5.69 Å². The molecule has 0 saturated carbocycles. The number of rotatable bonds is 2. The number of hydrogen-bond donors (Lipinski definition) is 2. The molecule has 0 radical (unpaired) electrons. The van der Waals surface area contributed by atoms with Gasteiger partial charge in [-0.3, -0.25) is 4.79 Å². The summed E-state index contributed by atoms with van der Waals surface area (Å²) in [7, 11) is -3.60. The molecule has 0 spiro atoms. The van der Waals surface area contributed by atoms with E-state index < -0.39 is 16.2 Å². The fraction of sp³-hybridized carbons (Fsp3) is 0.381. The first-order chi connectivity index (χ1) is 14.8. The average Bonchev–Trinajstić information content (AvgIpc) is 3.17. The van der Waals surface area contributed by atoms with Crippen LogP contribution in [0.5, 0.6) is 0 Å². The highest BCUT2D eigenvalue weighted by Gasteiger charge is 2.37. The number of para-hydroxylation sites is 1. The molecule has 1 aromatic carbocycles. The van der Waals surface area contributed by atoms with Crippen LogP contribution in [-0.4, -0.2) is 53.1 Å². The standard InChI is InChI=1S/C21H24N6O3S/c1-13-10-14(2)27-19(22-13)11-17(24-27)21(28)26-9-5-6-15(12-26)20-23-16-7-3-4-8-18(16)31(29,30)25-20/h3-4,7-8,10-11,15,20,23,25H,5-6,9,12H2,1-2H3. The first-order valence-corrected chi connectivity index (χ1v) is 11.8. The van der Waals surface area contributed by atoms with E-state index in [1.807, 2.05) is 26.0 Å². The molecule has 2 unspecified atom stereocenters. The maximum atomic E-state index is 13.2. The van der Waals surface area contributed by atoms with Gasteiger partial charge in [-0.25, -0.2) is 17.9 Å². The third-order valence-corrected chi connectivity index (χ3v) is 7.44. The fourth-order valence-electron chi connectivity index (χ4n) is 4.48. The van der Waals surface area contributed by atoms with Crippen molar-refractivity contribution in [3.8, 4) is 0 Å². The number of amides is 1. The summed E-state index contributed by atoms with van der Waals surface area (Å²) in [6.07, 6.45) is 1.14. The summed E-state index contributed by atoms with van der Waals surface area (Å²) in [6.45, 7) is 4.90. The molecule has 3 aromatic rings. The molecule has 1 saturated heterocycles. The summed E-state index contributed by atoms with van der Waals surface area (Å²) in [5, 5.41) is 7.75. The van der Waals surface area contributed by atoms with Crippen LogP contribution in [0.3, 0.4) is 0 Å². The molecule has 9 nitrogen and oxygen atoms in total. The Hall–Kier alpha value is -2.98. The molecule has 10 heteroatoms. The minimum atomic E-state index is -3.60. The summed E-state index contributed by atoms with van der Waals surface area (Å²) in [5.41, 5.74) is 3.37. The highest BCUT2D eigenvalue weighted by atomic mass is 32.2. The van der Waals surface area contributed by atoms with Crippen LogP contribution in [0.1, 0.15) is 34.7 Å². The number of sulfonamides is 1. The molecule has 4 heterocycles. The van der Waals surface area contributed by atoms with E-state index in [-0.39, 0.29) is 16.7 Å². The summed E-state index contributed by atoms with van der Waals surface area (Å²) >= 11 is 0. The maximum absolute atomic E-state index is 13.2. The van der Waals surface area contributed by atoms with Gasteiger partial charge in [0.2, 0.25) is 10.0 Å². The minimum absolute atomic E-state index is 0.0556. The quantitative estimate of drug-likeness (QED) is 0.630. The number of fused-ring (bicyclic) bond motifs is 2. The lowest BCUT2D eigenvalue weighted by molar-refractivity contribution is 0.0652. The number of piperidine rings is 1. The van der Waals surface area contributed by atoms with Crippen LogP contribution < -0.4 is 10.0 Å². The lowest BCUT2D eigenvalue weighted by Gasteiger charge is -2.39. The molecule has 0 bridgehead atoms. The van der Waals surface area contributed by atoms with Gasteiger partial charge in [0.1, 0.15) is 4.90 Å². The molecule has 2 atom stereocenters. The van der Waals surface area contributed by atoms with Gasteiger partial charge in [0.25, 0.3) is 5.91 Å². The van der Waals surface area contributed by atoms with Crippen molar-refractivity contribution in [2.75, 3.05) is 18.4 Å². The van der Waals surface area contributed by atoms with E-state index in [1.54, 1.807) is 33.7 Å². The van der Waals surface area contributed by atoms with Crippen molar-refractivity contribution in [3.05, 3.63) is 53.5 Å². The van der Waals surface area contributed by atoms with E-state index in [4.69, 9.17) is 0 Å². The van der Waals surface area contributed by atoms with Crippen LogP contribution in [0.2, 0.25) is 0 Å². The smallest absolute Gasteiger partial charge is 0.274 e. The van der Waals surface area contributed by atoms with Crippen LogP contribution >= 0.6 is 0 Å². The number of benzene rings is 1. The van der Waals surface area contributed by atoms with Crippen molar-refractivity contribution in [2.24, 2.45) is 5.92 Å². The second kappa shape index (κ2) is 7.31. The molecule has 2 aliphatic rings. The van der Waals surface area contributed by atoms with Crippen molar-refractivity contribution >= 4 is 27.3 Å². The molecule has 162 valence electrons. The maximum Gasteiger partial charge on any atom is 0.274 e. The molecule has 2 aliphatic heterocycles. The zero-order chi connectivity index (χ0) is 21.8. The third kappa shape index (κ3) is 3.55. The van der Waals surface area contributed by atoms with E-state index in [2.05, 4.69) is 20.1 Å². The van der Waals surface area contributed by atoms with Gasteiger partial charge in [0.05, 0.1) is 11.9 Å². The van der Waals surface area contributed by atoms with Crippen molar-refractivity contribution < 1.29 is 13.2 Å². The molecule has 2 N–H and O–H groups in total. The molecule has 2 aromatic heterocycles. The van der Waals surface area contributed by atoms with E-state index >= 15 is 0 Å². The number of carbonyl (C=O) groups excluding carboxylic acids is 1. The monoisotopic (exact) mass is 440 g/mol. The SMILES string of the molecule is Cc1cc(C)n2nc(C(=O)N3CCCC(C4Nc5ccccc5S(=O)(=O)N4)C3)cc2n1. The topological polar surface area (TPSA) is 109 Å². The normalized spacial score (nSPS) is 22.7. The van der Waals surface area contributed by atoms with Crippen molar-refractivity contribution in [1.29, 1.82) is 0 Å². The highest BCUT2D eigenvalue weighted by Crippen LogP contribution is 2.30. The Morgan fingerprint density at radius 2 is 2.00 bits per heavy atom. The first kappa shape index (κ1) is 20.0. The summed E-state index contributed by atoms with van der Waals surface area (Å²) in [6, 6.07) is 10.5. The summed E-state index contributed by atoms with van der Waals surface area (Å²) in [4.78, 5) is 19.6. The number of aryl methyl sites for hydroxylation is 2. The summed E-state index contributed by atoms with van der Waals surface area (Å²) < 4.78 is 29.8. The Kier molecular flexibility index (Phi) is 4.71. The second-order valence-corrected chi connectivity index (χ2v) is 9.91. The second-order valence-electron chi connectivity index (χ2n) is 8.23. The number of hydrogen-bond acceptors (Lipinski definition) is 6. The molecule has 1 fully saturated rings. The predicted molar refractivity (Wildman–Crippen MR) is 115 cm³/mol. The lowest BCUT2D eigenvalue weighted by atomic mass is 9.94. The van der Waals surface area contributed by atoms with Crippen molar-refractivity contribution in [2.45, 2.75) is 37.8 Å². The Morgan fingerprint density at radius 3 is 2.84 bits per heavy atom. The molecule has 5 rings (SSSR count). The van der Waals surface area contributed by atoms with Crippen molar-refractivity contribution in [1.82, 2.24) is 24.2 Å². The Labute approximate surface area is 180 Å². The molecular weight excluding hydrogens is 416 g/mol. The van der Waals surface area contributed by atoms with Gasteiger partial charge < -0.3 is 10.2 Å². The molecule has 1 amide bonds. The van der Waals surface area contributed by atoms with E-state index in [0.717, 1.165) is 24.2 Å². The number of anilines is 1. The predicted octanol–water partition coefficient (Wildman–Crippen LogP) is 1.93. The van der Waals surface area contributed by atoms with E-state index in [0.29, 0.717) is 30.1 Å². The molecule has 31 heavy (non-hydrogen) atoms. The first-order valence-electron chi connectivity index (χ1n) is 10.3. The minimum Gasteiger partial charge on any atom is -0.368 e. The van der Waals surface area contributed by atoms with Crippen LogP contribution in [0.15, 0.2) is 41.3 Å². The van der Waals surface area contributed by atoms with Gasteiger partial charge in [0.15, 0.2) is 11.3 Å². The number of nitrogens with zero attached hydrogens (tertiary/aromatic N) is 4. The molecular formula is C21H24N6O3S. The third-order valence-electron chi connectivity index (χ3n) is 5.94. The van der Waals surface area contributed by atoms with Gasteiger partial charge in [-0.1, -0.05) is 12.1 Å². The number of carbonyl (C=O) groups is 1. The molecule has 0 aliphatic carbocycles. The largest absolute Gasteiger partial charge is 0.368 e. The van der Waals surface area contributed by atoms with Gasteiger partial charge >= 0.3 is 0 Å². The zero-order valence-electron chi connectivity index (χ0n) is 17.4. The Bertz CT molecular complexity index is 1290. The number of nitrogens with one attached hydrogen (secondary N) is 2. The zero-order valence-corrected chi connectivity index (χ0v) is 18.2. The Morgan fingerprint density at radius 1 is 1.19 bits per heavy atom. The van der Waals surface area contributed by atoms with Gasteiger partial charge in [-0.05, 0) is 44.9 Å². The Balaban J connectivity index is 1.37. The van der Waals surface area contributed by atoms with Crippen LogP contribution in [0, 0.1) is 19.8 Å². The number of aromatic nitrogens is 3. The van der Waals surface area contributed by atoms with Gasteiger partial charge in [0, 0.05) is 36.5 Å². The lowest BCUT2D eigenvalue weighted by Crippen LogP contribution is -2.54. The van der Waals surface area contributed by atoms with Crippen molar-refractivity contribution in [3.63, 3.8) is 0 Å².